The van der Waals surface area contributed by atoms with Crippen LogP contribution < -0.4 is 10.5 Å². The van der Waals surface area contributed by atoms with E-state index >= 15 is 0 Å². The summed E-state index contributed by atoms with van der Waals surface area (Å²) in [6, 6.07) is 7.75. The van der Waals surface area contributed by atoms with Crippen LogP contribution in [-0.4, -0.2) is 24.3 Å². The van der Waals surface area contributed by atoms with E-state index in [2.05, 4.69) is 0 Å². The summed E-state index contributed by atoms with van der Waals surface area (Å²) in [5.74, 6) is -1.23. The topological polar surface area (TPSA) is 109 Å². The van der Waals surface area contributed by atoms with E-state index in [0.717, 1.165) is 0 Å². The van der Waals surface area contributed by atoms with Gasteiger partial charge in [0, 0.05) is 6.07 Å². The first kappa shape index (κ1) is 17.3. The van der Waals surface area contributed by atoms with Crippen molar-refractivity contribution < 1.29 is 28.3 Å². The number of primary amides is 1. The highest BCUT2D eigenvalue weighted by atomic mass is 16.5. The Morgan fingerprint density at radius 1 is 1.17 bits per heavy atom. The number of nitrogens with two attached hydrogens (primary N) is 1. The Hall–Kier alpha value is -3.09. The van der Waals surface area contributed by atoms with E-state index in [1.54, 1.807) is 25.1 Å². The average molecular weight is 331 g/mol. The molecular weight excluding hydrogens is 314 g/mol. The highest BCUT2D eigenvalue weighted by molar-refractivity contribution is 5.98. The van der Waals surface area contributed by atoms with Crippen LogP contribution in [0.25, 0.3) is 0 Å². The van der Waals surface area contributed by atoms with Crippen LogP contribution in [0.1, 0.15) is 50.9 Å². The van der Waals surface area contributed by atoms with Crippen LogP contribution in [-0.2, 0) is 11.3 Å². The molecule has 0 radical (unpaired) electrons. The number of hydrogen-bond acceptors (Lipinski definition) is 6. The molecule has 0 aliphatic heterocycles. The Morgan fingerprint density at radius 3 is 2.50 bits per heavy atom. The van der Waals surface area contributed by atoms with Crippen molar-refractivity contribution in [3.8, 4) is 5.75 Å². The minimum Gasteiger partial charge on any atom is -0.485 e. The molecule has 1 heterocycles. The zero-order valence-corrected chi connectivity index (χ0v) is 13.3. The number of furan rings is 1. The van der Waals surface area contributed by atoms with Crippen LogP contribution in [0.2, 0.25) is 0 Å². The molecular formula is C17H17NO6. The number of carbonyl (C=O) groups excluding carboxylic acids is 3. The Morgan fingerprint density at radius 2 is 1.88 bits per heavy atom. The number of Topliss-reactive ketones (excluding diaryl/α,β-unsaturated/α-hetero) is 1. The predicted octanol–water partition coefficient (Wildman–Crippen LogP) is 2.34. The Bertz CT molecular complexity index is 777. The Balaban J connectivity index is 2.25. The van der Waals surface area contributed by atoms with Crippen LogP contribution >= 0.6 is 0 Å². The van der Waals surface area contributed by atoms with Gasteiger partial charge in [0.05, 0.1) is 17.7 Å². The van der Waals surface area contributed by atoms with E-state index in [9.17, 15) is 14.4 Å². The van der Waals surface area contributed by atoms with Gasteiger partial charge in [-0.1, -0.05) is 12.1 Å². The zero-order valence-electron chi connectivity index (χ0n) is 13.3. The molecule has 1 aromatic heterocycles. The quantitative estimate of drug-likeness (QED) is 0.616. The molecule has 2 rings (SSSR count). The fourth-order valence-electron chi connectivity index (χ4n) is 2.08. The van der Waals surface area contributed by atoms with Crippen LogP contribution in [0, 0.1) is 0 Å². The third-order valence-corrected chi connectivity index (χ3v) is 3.18. The van der Waals surface area contributed by atoms with Crippen molar-refractivity contribution in [3.05, 3.63) is 53.0 Å². The molecule has 0 fully saturated rings. The van der Waals surface area contributed by atoms with Gasteiger partial charge in [0.1, 0.15) is 12.4 Å². The van der Waals surface area contributed by atoms with Crippen molar-refractivity contribution in [1.82, 2.24) is 0 Å². The van der Waals surface area contributed by atoms with Gasteiger partial charge in [-0.2, -0.15) is 0 Å². The van der Waals surface area contributed by atoms with Gasteiger partial charge in [0.15, 0.2) is 11.5 Å². The van der Waals surface area contributed by atoms with Gasteiger partial charge < -0.3 is 19.6 Å². The number of carbonyl (C=O) groups is 3. The molecule has 0 bridgehead atoms. The standard InChI is InChI=1S/C17H17NO6/c1-3-22-17(21)14-8-12(10(2)19)15(24-14)9-23-13-7-5-4-6-11(13)16(18)20/h4-8H,3,9H2,1-2H3,(H2,18,20). The average Bonchev–Trinajstić information content (AvgIpc) is 2.98. The van der Waals surface area contributed by atoms with Gasteiger partial charge in [-0.25, -0.2) is 4.79 Å². The molecule has 7 heteroatoms. The number of amides is 1. The second-order valence-electron chi connectivity index (χ2n) is 4.87. The molecule has 0 aliphatic rings. The SMILES string of the molecule is CCOC(=O)c1cc(C(C)=O)c(COc2ccccc2C(N)=O)o1. The molecule has 1 aromatic carbocycles. The summed E-state index contributed by atoms with van der Waals surface area (Å²) in [7, 11) is 0. The Labute approximate surface area is 138 Å². The molecule has 0 saturated heterocycles. The predicted molar refractivity (Wildman–Crippen MR) is 84.0 cm³/mol. The molecule has 2 aromatic rings. The lowest BCUT2D eigenvalue weighted by Gasteiger charge is -2.08. The summed E-state index contributed by atoms with van der Waals surface area (Å²) >= 11 is 0. The number of ketones is 1. The maximum absolute atomic E-state index is 11.7. The fraction of sp³-hybridized carbons (Fsp3) is 0.235. The number of ether oxygens (including phenoxy) is 2. The van der Waals surface area contributed by atoms with E-state index in [1.165, 1.54) is 19.1 Å². The van der Waals surface area contributed by atoms with Gasteiger partial charge in [-0.15, -0.1) is 0 Å². The van der Waals surface area contributed by atoms with Crippen LogP contribution in [0.3, 0.4) is 0 Å². The van der Waals surface area contributed by atoms with E-state index in [0.29, 0.717) is 0 Å². The monoisotopic (exact) mass is 331 g/mol. The molecule has 2 N–H and O–H groups in total. The molecule has 0 atom stereocenters. The van der Waals surface area contributed by atoms with Crippen molar-refractivity contribution >= 4 is 17.7 Å². The van der Waals surface area contributed by atoms with Gasteiger partial charge in [0.25, 0.3) is 5.91 Å². The summed E-state index contributed by atoms with van der Waals surface area (Å²) in [4.78, 5) is 34.8. The largest absolute Gasteiger partial charge is 0.485 e. The molecule has 7 nitrogen and oxygen atoms in total. The summed E-state index contributed by atoms with van der Waals surface area (Å²) in [6.07, 6.45) is 0. The van der Waals surface area contributed by atoms with Crippen LogP contribution in [0.4, 0.5) is 0 Å². The molecule has 0 saturated carbocycles. The van der Waals surface area contributed by atoms with Gasteiger partial charge >= 0.3 is 5.97 Å². The van der Waals surface area contributed by atoms with Crippen molar-refractivity contribution in [2.75, 3.05) is 6.61 Å². The van der Waals surface area contributed by atoms with Crippen molar-refractivity contribution in [1.29, 1.82) is 0 Å². The van der Waals surface area contributed by atoms with Crippen LogP contribution in [0.15, 0.2) is 34.7 Å². The normalized spacial score (nSPS) is 10.2. The summed E-state index contributed by atoms with van der Waals surface area (Å²) in [6.45, 7) is 3.06. The molecule has 126 valence electrons. The molecule has 24 heavy (non-hydrogen) atoms. The highest BCUT2D eigenvalue weighted by Crippen LogP contribution is 2.22. The summed E-state index contributed by atoms with van der Waals surface area (Å²) < 4.78 is 15.7. The number of para-hydroxylation sites is 1. The van der Waals surface area contributed by atoms with Gasteiger partial charge in [0.2, 0.25) is 5.76 Å². The smallest absolute Gasteiger partial charge is 0.374 e. The summed E-state index contributed by atoms with van der Waals surface area (Å²) in [5, 5.41) is 0. The second kappa shape index (κ2) is 7.45. The Kier molecular flexibility index (Phi) is 5.36. The van der Waals surface area contributed by atoms with E-state index in [-0.39, 0.29) is 47.4 Å². The van der Waals surface area contributed by atoms with Crippen molar-refractivity contribution in [3.63, 3.8) is 0 Å². The lowest BCUT2D eigenvalue weighted by atomic mass is 10.1. The maximum atomic E-state index is 11.7. The highest BCUT2D eigenvalue weighted by Gasteiger charge is 2.21. The lowest BCUT2D eigenvalue weighted by molar-refractivity contribution is 0.0485. The van der Waals surface area contributed by atoms with Crippen molar-refractivity contribution in [2.24, 2.45) is 5.73 Å². The number of benzene rings is 1. The van der Waals surface area contributed by atoms with E-state index in [4.69, 9.17) is 19.6 Å². The molecule has 0 unspecified atom stereocenters. The number of rotatable bonds is 7. The van der Waals surface area contributed by atoms with Gasteiger partial charge in [-0.3, -0.25) is 9.59 Å². The first-order valence-electron chi connectivity index (χ1n) is 7.26. The third kappa shape index (κ3) is 3.81. The number of hydrogen-bond donors (Lipinski definition) is 1. The first-order valence-corrected chi connectivity index (χ1v) is 7.26. The minimum absolute atomic E-state index is 0.0798. The molecule has 0 spiro atoms. The molecule has 0 aliphatic carbocycles. The lowest BCUT2D eigenvalue weighted by Crippen LogP contribution is -2.13. The fourth-order valence-corrected chi connectivity index (χ4v) is 2.08. The van der Waals surface area contributed by atoms with E-state index < -0.39 is 11.9 Å². The number of esters is 1. The summed E-state index contributed by atoms with van der Waals surface area (Å²) in [5.41, 5.74) is 5.71. The zero-order chi connectivity index (χ0) is 17.7. The van der Waals surface area contributed by atoms with Gasteiger partial charge in [-0.05, 0) is 26.0 Å². The third-order valence-electron chi connectivity index (χ3n) is 3.18. The minimum atomic E-state index is -0.663. The molecule has 1 amide bonds. The second-order valence-corrected chi connectivity index (χ2v) is 4.87. The maximum Gasteiger partial charge on any atom is 0.374 e. The van der Waals surface area contributed by atoms with Crippen LogP contribution in [0.5, 0.6) is 5.75 Å². The first-order chi connectivity index (χ1) is 11.4. The van der Waals surface area contributed by atoms with Crippen molar-refractivity contribution in [2.45, 2.75) is 20.5 Å². The van der Waals surface area contributed by atoms with E-state index in [1.807, 2.05) is 0 Å².